The summed E-state index contributed by atoms with van der Waals surface area (Å²) in [5, 5.41) is 9.26. The fourth-order valence-electron chi connectivity index (χ4n) is 2.35. The zero-order valence-corrected chi connectivity index (χ0v) is 11.2. The largest absolute Gasteiger partial charge is 0.420 e. The molecule has 0 aliphatic rings. The number of rotatable bonds is 3. The Hall–Kier alpha value is -2.95. The first-order valence-corrected chi connectivity index (χ1v) is 6.69. The molecule has 3 aromatic heterocycles. The van der Waals surface area contributed by atoms with E-state index < -0.39 is 0 Å². The molecule has 4 aromatic rings. The second-order valence-electron chi connectivity index (χ2n) is 4.76. The molecule has 1 N–H and O–H groups in total. The van der Waals surface area contributed by atoms with Crippen LogP contribution in [0.1, 0.15) is 11.5 Å². The Labute approximate surface area is 120 Å². The van der Waals surface area contributed by atoms with Gasteiger partial charge in [-0.15, -0.1) is 10.2 Å². The third-order valence-corrected chi connectivity index (χ3v) is 3.36. The molecule has 102 valence electrons. The van der Waals surface area contributed by atoms with E-state index in [2.05, 4.69) is 20.2 Å². The molecule has 0 unspecified atom stereocenters. The van der Waals surface area contributed by atoms with E-state index in [-0.39, 0.29) is 0 Å². The highest BCUT2D eigenvalue weighted by Crippen LogP contribution is 2.26. The van der Waals surface area contributed by atoms with Gasteiger partial charge in [0.2, 0.25) is 11.8 Å². The lowest BCUT2D eigenvalue weighted by molar-refractivity contribution is 0.518. The van der Waals surface area contributed by atoms with Gasteiger partial charge in [-0.1, -0.05) is 30.3 Å². The van der Waals surface area contributed by atoms with Crippen molar-refractivity contribution in [1.82, 2.24) is 20.2 Å². The number of hydrogen-bond acceptors (Lipinski definition) is 4. The average molecular weight is 276 g/mol. The van der Waals surface area contributed by atoms with Gasteiger partial charge in [-0.05, 0) is 17.7 Å². The summed E-state index contributed by atoms with van der Waals surface area (Å²) in [5.41, 5.74) is 2.86. The number of pyridine rings is 1. The molecule has 1 aromatic carbocycles. The van der Waals surface area contributed by atoms with Gasteiger partial charge >= 0.3 is 0 Å². The van der Waals surface area contributed by atoms with Gasteiger partial charge in [-0.25, -0.2) is 4.98 Å². The molecular formula is C16H12N4O. The van der Waals surface area contributed by atoms with Crippen molar-refractivity contribution in [2.24, 2.45) is 0 Å². The van der Waals surface area contributed by atoms with Crippen LogP contribution in [0.15, 0.2) is 59.3 Å². The summed E-state index contributed by atoms with van der Waals surface area (Å²) >= 11 is 0. The molecule has 5 nitrogen and oxygen atoms in total. The molecule has 0 radical (unpaired) electrons. The summed E-state index contributed by atoms with van der Waals surface area (Å²) in [6, 6.07) is 13.9. The molecule has 0 saturated carbocycles. The van der Waals surface area contributed by atoms with Crippen molar-refractivity contribution in [3.63, 3.8) is 0 Å². The fourth-order valence-corrected chi connectivity index (χ4v) is 2.35. The Morgan fingerprint density at radius 1 is 1.00 bits per heavy atom. The molecule has 0 aliphatic heterocycles. The van der Waals surface area contributed by atoms with Crippen LogP contribution in [0.5, 0.6) is 0 Å². The standard InChI is InChI=1S/C16H12N4O/c1-2-4-11(5-3-1)10-14-19-20-16(21-14)13-7-9-18-15-12(13)6-8-17-15/h1-9H,10H2,(H,17,18). The topological polar surface area (TPSA) is 67.6 Å². The zero-order valence-electron chi connectivity index (χ0n) is 11.2. The van der Waals surface area contributed by atoms with E-state index in [4.69, 9.17) is 4.42 Å². The highest BCUT2D eigenvalue weighted by atomic mass is 16.4. The smallest absolute Gasteiger partial charge is 0.248 e. The summed E-state index contributed by atoms with van der Waals surface area (Å²) in [6.07, 6.45) is 4.22. The first kappa shape index (κ1) is 11.8. The first-order chi connectivity index (χ1) is 10.4. The number of nitrogens with one attached hydrogen (secondary N) is 1. The van der Waals surface area contributed by atoms with Crippen molar-refractivity contribution >= 4 is 11.0 Å². The molecular weight excluding hydrogens is 264 g/mol. The van der Waals surface area contributed by atoms with Gasteiger partial charge in [0.1, 0.15) is 5.65 Å². The number of nitrogens with zero attached hydrogens (tertiary/aromatic N) is 3. The average Bonchev–Trinajstić information content (AvgIpc) is 3.16. The van der Waals surface area contributed by atoms with Crippen LogP contribution in [0.3, 0.4) is 0 Å². The van der Waals surface area contributed by atoms with E-state index in [1.807, 2.05) is 48.7 Å². The molecule has 0 amide bonds. The van der Waals surface area contributed by atoms with Crippen LogP contribution >= 0.6 is 0 Å². The fraction of sp³-hybridized carbons (Fsp3) is 0.0625. The van der Waals surface area contributed by atoms with Crippen LogP contribution in [0, 0.1) is 0 Å². The minimum absolute atomic E-state index is 0.521. The van der Waals surface area contributed by atoms with E-state index in [9.17, 15) is 0 Å². The molecule has 21 heavy (non-hydrogen) atoms. The van der Waals surface area contributed by atoms with Crippen LogP contribution in [0.2, 0.25) is 0 Å². The van der Waals surface area contributed by atoms with Crippen LogP contribution in [-0.4, -0.2) is 20.2 Å². The maximum Gasteiger partial charge on any atom is 0.248 e. The number of benzene rings is 1. The Morgan fingerprint density at radius 2 is 1.90 bits per heavy atom. The van der Waals surface area contributed by atoms with Crippen molar-refractivity contribution in [2.45, 2.75) is 6.42 Å². The maximum absolute atomic E-state index is 5.79. The molecule has 0 bridgehead atoms. The highest BCUT2D eigenvalue weighted by Gasteiger charge is 2.12. The molecule has 0 saturated heterocycles. The van der Waals surface area contributed by atoms with Gasteiger partial charge in [-0.2, -0.15) is 0 Å². The normalized spacial score (nSPS) is 11.0. The molecule has 5 heteroatoms. The van der Waals surface area contributed by atoms with Crippen LogP contribution in [0.4, 0.5) is 0 Å². The molecule has 0 atom stereocenters. The quantitative estimate of drug-likeness (QED) is 0.624. The Bertz CT molecular complexity index is 879. The van der Waals surface area contributed by atoms with Gasteiger partial charge in [0.05, 0.1) is 12.0 Å². The van der Waals surface area contributed by atoms with Crippen molar-refractivity contribution in [3.05, 3.63) is 66.3 Å². The number of fused-ring (bicyclic) bond motifs is 1. The third-order valence-electron chi connectivity index (χ3n) is 3.36. The van der Waals surface area contributed by atoms with E-state index in [1.54, 1.807) is 6.20 Å². The summed E-state index contributed by atoms with van der Waals surface area (Å²) in [6.45, 7) is 0. The van der Waals surface area contributed by atoms with Crippen LogP contribution in [0.25, 0.3) is 22.5 Å². The first-order valence-electron chi connectivity index (χ1n) is 6.69. The summed E-state index contributed by atoms with van der Waals surface area (Å²) < 4.78 is 5.79. The van der Waals surface area contributed by atoms with E-state index in [0.29, 0.717) is 18.2 Å². The predicted octanol–water partition coefficient (Wildman–Crippen LogP) is 3.20. The van der Waals surface area contributed by atoms with Crippen molar-refractivity contribution in [3.8, 4) is 11.5 Å². The van der Waals surface area contributed by atoms with Gasteiger partial charge in [-0.3, -0.25) is 0 Å². The Balaban J connectivity index is 1.70. The van der Waals surface area contributed by atoms with Gasteiger partial charge in [0.25, 0.3) is 0 Å². The number of aromatic amines is 1. The molecule has 0 spiro atoms. The van der Waals surface area contributed by atoms with Gasteiger partial charge < -0.3 is 9.40 Å². The molecule has 0 aliphatic carbocycles. The molecule has 3 heterocycles. The van der Waals surface area contributed by atoms with Crippen molar-refractivity contribution in [1.29, 1.82) is 0 Å². The van der Waals surface area contributed by atoms with Gasteiger partial charge in [0, 0.05) is 17.8 Å². The maximum atomic E-state index is 5.79. The second kappa shape index (κ2) is 4.86. The summed E-state index contributed by atoms with van der Waals surface area (Å²) in [4.78, 5) is 7.33. The van der Waals surface area contributed by atoms with Crippen molar-refractivity contribution < 1.29 is 4.42 Å². The monoisotopic (exact) mass is 276 g/mol. The second-order valence-corrected chi connectivity index (χ2v) is 4.76. The minimum atomic E-state index is 0.521. The minimum Gasteiger partial charge on any atom is -0.420 e. The summed E-state index contributed by atoms with van der Waals surface area (Å²) in [7, 11) is 0. The lowest BCUT2D eigenvalue weighted by atomic mass is 10.1. The zero-order chi connectivity index (χ0) is 14.1. The van der Waals surface area contributed by atoms with Crippen molar-refractivity contribution in [2.75, 3.05) is 0 Å². The van der Waals surface area contributed by atoms with Crippen LogP contribution < -0.4 is 0 Å². The molecule has 0 fully saturated rings. The highest BCUT2D eigenvalue weighted by molar-refractivity contribution is 5.90. The summed E-state index contributed by atoms with van der Waals surface area (Å²) in [5.74, 6) is 1.13. The van der Waals surface area contributed by atoms with Gasteiger partial charge in [0.15, 0.2) is 0 Å². The Morgan fingerprint density at radius 3 is 2.81 bits per heavy atom. The molecule has 4 rings (SSSR count). The lowest BCUT2D eigenvalue weighted by Gasteiger charge is -1.97. The number of aromatic nitrogens is 4. The predicted molar refractivity (Wildman–Crippen MR) is 78.6 cm³/mol. The third kappa shape index (κ3) is 2.18. The van der Waals surface area contributed by atoms with E-state index in [1.165, 1.54) is 0 Å². The van der Waals surface area contributed by atoms with Crippen LogP contribution in [-0.2, 0) is 6.42 Å². The SMILES string of the molecule is c1ccc(Cc2nnc(-c3ccnc4[nH]ccc34)o2)cc1. The van der Waals surface area contributed by atoms with E-state index in [0.717, 1.165) is 22.2 Å². The number of hydrogen-bond donors (Lipinski definition) is 1. The van der Waals surface area contributed by atoms with E-state index >= 15 is 0 Å². The lowest BCUT2D eigenvalue weighted by Crippen LogP contribution is -1.87. The number of H-pyrrole nitrogens is 1. The Kier molecular flexibility index (Phi) is 2.74.